The third kappa shape index (κ3) is 4.78. The first kappa shape index (κ1) is 26.1. The summed E-state index contributed by atoms with van der Waals surface area (Å²) < 4.78 is 41.4. The first-order valence-electron chi connectivity index (χ1n) is 14.0. The summed E-state index contributed by atoms with van der Waals surface area (Å²) >= 11 is 0. The Labute approximate surface area is 227 Å². The summed E-state index contributed by atoms with van der Waals surface area (Å²) in [5, 5.41) is 4.14. The topological polar surface area (TPSA) is 56.3 Å². The van der Waals surface area contributed by atoms with Gasteiger partial charge in [-0.15, -0.1) is 0 Å². The second-order valence-corrected chi connectivity index (χ2v) is 11.3. The minimum absolute atomic E-state index is 0.0189. The Bertz CT molecular complexity index is 1470. The molecule has 2 aromatic carbocycles. The number of methoxy groups -OCH3 is 1. The van der Waals surface area contributed by atoms with Gasteiger partial charge in [0.15, 0.2) is 11.6 Å². The molecule has 1 aliphatic heterocycles. The molecule has 0 unspecified atom stereocenters. The third-order valence-electron chi connectivity index (χ3n) is 8.90. The molecule has 0 amide bonds. The van der Waals surface area contributed by atoms with E-state index in [4.69, 9.17) is 14.2 Å². The second kappa shape index (κ2) is 10.5. The average molecular weight is 535 g/mol. The number of ether oxygens (including phenoxy) is 1. The van der Waals surface area contributed by atoms with Crippen molar-refractivity contribution in [2.24, 2.45) is 0 Å². The number of aryl methyl sites for hydroxylation is 2. The van der Waals surface area contributed by atoms with E-state index in [0.717, 1.165) is 83.5 Å². The molecule has 0 spiro atoms. The zero-order chi connectivity index (χ0) is 27.3. The van der Waals surface area contributed by atoms with Crippen LogP contribution >= 0.6 is 0 Å². The van der Waals surface area contributed by atoms with Crippen molar-refractivity contribution in [2.45, 2.75) is 90.1 Å². The van der Waals surface area contributed by atoms with E-state index >= 15 is 0 Å². The first-order valence-corrected chi connectivity index (χ1v) is 14.0. The van der Waals surface area contributed by atoms with Crippen molar-refractivity contribution in [3.8, 4) is 11.1 Å². The van der Waals surface area contributed by atoms with Crippen LogP contribution in [-0.4, -0.2) is 38.9 Å². The summed E-state index contributed by atoms with van der Waals surface area (Å²) in [7, 11) is 1.80. The van der Waals surface area contributed by atoms with E-state index < -0.39 is 11.6 Å². The Kier molecular flexibility index (Phi) is 7.02. The van der Waals surface area contributed by atoms with Crippen LogP contribution in [-0.2, 0) is 11.3 Å². The Morgan fingerprint density at radius 2 is 1.77 bits per heavy atom. The van der Waals surface area contributed by atoms with Crippen LogP contribution in [0, 0.1) is 25.5 Å². The summed E-state index contributed by atoms with van der Waals surface area (Å²) in [6.45, 7) is 6.75. The van der Waals surface area contributed by atoms with Gasteiger partial charge in [0.2, 0.25) is 0 Å². The number of likely N-dealkylation sites (tertiary alicyclic amines) is 1. The van der Waals surface area contributed by atoms with Crippen molar-refractivity contribution in [2.75, 3.05) is 7.11 Å². The monoisotopic (exact) mass is 534 g/mol. The molecule has 2 fully saturated rings. The smallest absolute Gasteiger partial charge is 0.159 e. The minimum Gasteiger partial charge on any atom is -0.381 e. The van der Waals surface area contributed by atoms with Gasteiger partial charge in [-0.3, -0.25) is 4.90 Å². The van der Waals surface area contributed by atoms with Gasteiger partial charge in [-0.1, -0.05) is 17.3 Å². The van der Waals surface area contributed by atoms with Crippen LogP contribution in [0.5, 0.6) is 0 Å². The van der Waals surface area contributed by atoms with Crippen molar-refractivity contribution in [1.82, 2.24) is 19.6 Å². The number of benzene rings is 2. The molecule has 2 aliphatic rings. The van der Waals surface area contributed by atoms with E-state index in [9.17, 15) is 8.78 Å². The van der Waals surface area contributed by atoms with Crippen LogP contribution in [0.4, 0.5) is 8.78 Å². The molecule has 0 radical (unpaired) electrons. The summed E-state index contributed by atoms with van der Waals surface area (Å²) in [5.74, 6) is 0.215. The van der Waals surface area contributed by atoms with E-state index in [1.807, 2.05) is 13.8 Å². The molecule has 3 heterocycles. The van der Waals surface area contributed by atoms with Crippen molar-refractivity contribution in [1.29, 1.82) is 0 Å². The molecule has 1 saturated carbocycles. The molecule has 1 aliphatic carbocycles. The van der Waals surface area contributed by atoms with E-state index in [0.29, 0.717) is 24.7 Å². The van der Waals surface area contributed by atoms with Crippen molar-refractivity contribution < 1.29 is 18.0 Å². The molecule has 206 valence electrons. The zero-order valence-corrected chi connectivity index (χ0v) is 23.1. The lowest BCUT2D eigenvalue weighted by Crippen LogP contribution is -2.31. The number of rotatable bonds is 6. The highest BCUT2D eigenvalue weighted by atomic mass is 19.2. The Morgan fingerprint density at radius 3 is 2.46 bits per heavy atom. The van der Waals surface area contributed by atoms with Gasteiger partial charge in [0.1, 0.15) is 11.6 Å². The Balaban J connectivity index is 1.40. The maximum Gasteiger partial charge on any atom is 0.159 e. The van der Waals surface area contributed by atoms with Gasteiger partial charge in [-0.05, 0) is 94.7 Å². The molecule has 2 atom stereocenters. The SMILES string of the molecule is COC1CCC(n2c(CN3[C@@H](C)CC[C@H]3c3ccc(F)c(F)c3)nc3cc(-c4c(C)noc4C)ccc32)CC1. The standard InChI is InChI=1S/C31H36F2N4O2/c1-18-5-13-28(21-6-12-25(32)26(33)15-21)36(18)17-30-34-27-16-22(31-19(2)35-39-20(31)3)7-14-29(27)37(30)23-8-10-24(38-4)11-9-23/h6-7,12,14-16,18,23-24,28H,5,8-11,13,17H2,1-4H3/t18-,23?,24?,28-/m0/s1. The Morgan fingerprint density at radius 1 is 0.974 bits per heavy atom. The second-order valence-electron chi connectivity index (χ2n) is 11.3. The first-order chi connectivity index (χ1) is 18.8. The fraction of sp³-hybridized carbons (Fsp3) is 0.484. The summed E-state index contributed by atoms with van der Waals surface area (Å²) in [6, 6.07) is 11.4. The fourth-order valence-electron chi connectivity index (χ4n) is 6.80. The highest BCUT2D eigenvalue weighted by Crippen LogP contribution is 2.40. The van der Waals surface area contributed by atoms with Gasteiger partial charge < -0.3 is 13.8 Å². The lowest BCUT2D eigenvalue weighted by molar-refractivity contribution is 0.0580. The van der Waals surface area contributed by atoms with Crippen molar-refractivity contribution in [3.05, 3.63) is 70.9 Å². The van der Waals surface area contributed by atoms with Crippen molar-refractivity contribution >= 4 is 11.0 Å². The minimum atomic E-state index is -0.807. The maximum absolute atomic E-state index is 14.2. The summed E-state index contributed by atoms with van der Waals surface area (Å²) in [5.41, 5.74) is 5.82. The molecule has 4 aromatic rings. The lowest BCUT2D eigenvalue weighted by atomic mass is 9.92. The molecule has 2 aromatic heterocycles. The molecular formula is C31H36F2N4O2. The largest absolute Gasteiger partial charge is 0.381 e. The van der Waals surface area contributed by atoms with Crippen LogP contribution < -0.4 is 0 Å². The molecule has 8 heteroatoms. The van der Waals surface area contributed by atoms with Crippen LogP contribution in [0.2, 0.25) is 0 Å². The van der Waals surface area contributed by atoms with Crippen molar-refractivity contribution in [3.63, 3.8) is 0 Å². The predicted octanol–water partition coefficient (Wildman–Crippen LogP) is 7.44. The summed E-state index contributed by atoms with van der Waals surface area (Å²) in [6.07, 6.45) is 6.32. The van der Waals surface area contributed by atoms with Gasteiger partial charge in [0.25, 0.3) is 0 Å². The molecule has 0 bridgehead atoms. The number of imidazole rings is 1. The van der Waals surface area contributed by atoms with E-state index in [1.54, 1.807) is 13.2 Å². The van der Waals surface area contributed by atoms with Gasteiger partial charge in [0, 0.05) is 30.8 Å². The van der Waals surface area contributed by atoms with Crippen LogP contribution in [0.1, 0.15) is 80.4 Å². The number of fused-ring (bicyclic) bond motifs is 1. The molecular weight excluding hydrogens is 498 g/mol. The van der Waals surface area contributed by atoms with E-state index in [-0.39, 0.29) is 6.04 Å². The van der Waals surface area contributed by atoms with Crippen LogP contribution in [0.15, 0.2) is 40.9 Å². The molecule has 39 heavy (non-hydrogen) atoms. The summed E-state index contributed by atoms with van der Waals surface area (Å²) in [4.78, 5) is 7.62. The Hall–Kier alpha value is -3.10. The third-order valence-corrected chi connectivity index (χ3v) is 8.90. The van der Waals surface area contributed by atoms with Crippen LogP contribution in [0.3, 0.4) is 0 Å². The highest BCUT2D eigenvalue weighted by molar-refractivity contribution is 5.83. The number of hydrogen-bond donors (Lipinski definition) is 0. The fourth-order valence-corrected chi connectivity index (χ4v) is 6.80. The normalized spacial score (nSPS) is 24.2. The maximum atomic E-state index is 14.2. The van der Waals surface area contributed by atoms with Gasteiger partial charge in [0.05, 0.1) is 29.4 Å². The average Bonchev–Trinajstić information content (AvgIpc) is 3.59. The van der Waals surface area contributed by atoms with Crippen LogP contribution in [0.25, 0.3) is 22.2 Å². The zero-order valence-electron chi connectivity index (χ0n) is 23.1. The molecule has 6 nitrogen and oxygen atoms in total. The number of halogens is 2. The van der Waals surface area contributed by atoms with Gasteiger partial charge in [-0.2, -0.15) is 0 Å². The number of aromatic nitrogens is 3. The quantitative estimate of drug-likeness (QED) is 0.257. The molecule has 1 saturated heterocycles. The van der Waals surface area contributed by atoms with E-state index in [1.165, 1.54) is 12.1 Å². The van der Waals surface area contributed by atoms with E-state index in [2.05, 4.69) is 39.7 Å². The molecule has 6 rings (SSSR count). The number of nitrogens with zero attached hydrogens (tertiary/aromatic N) is 4. The highest BCUT2D eigenvalue weighted by Gasteiger charge is 2.34. The van der Waals surface area contributed by atoms with Gasteiger partial charge >= 0.3 is 0 Å². The predicted molar refractivity (Wildman–Crippen MR) is 146 cm³/mol. The molecule has 0 N–H and O–H groups in total. The lowest BCUT2D eigenvalue weighted by Gasteiger charge is -2.32. The number of hydrogen-bond acceptors (Lipinski definition) is 5. The van der Waals surface area contributed by atoms with Gasteiger partial charge in [-0.25, -0.2) is 13.8 Å².